The van der Waals surface area contributed by atoms with Gasteiger partial charge in [0.2, 0.25) is 5.70 Å². The number of rotatable bonds is 2. The van der Waals surface area contributed by atoms with Gasteiger partial charge in [0.05, 0.1) is 4.92 Å². The summed E-state index contributed by atoms with van der Waals surface area (Å²) in [6.45, 7) is 1.50. The third-order valence-corrected chi connectivity index (χ3v) is 2.58. The lowest BCUT2D eigenvalue weighted by Gasteiger charge is -1.93. The normalized spacial score (nSPS) is 12.0. The Kier molecular flexibility index (Phi) is 2.48. The van der Waals surface area contributed by atoms with E-state index in [9.17, 15) is 10.1 Å². The van der Waals surface area contributed by atoms with Crippen molar-refractivity contribution in [3.8, 4) is 0 Å². The monoisotopic (exact) mass is 216 g/mol. The molecule has 1 aromatic carbocycles. The zero-order valence-corrected chi connectivity index (χ0v) is 9.18. The Labute approximate surface area is 93.0 Å². The van der Waals surface area contributed by atoms with Crippen LogP contribution in [0, 0.1) is 10.1 Å². The lowest BCUT2D eigenvalue weighted by atomic mass is 10.1. The predicted molar refractivity (Wildman–Crippen MR) is 63.6 cm³/mol. The van der Waals surface area contributed by atoms with Gasteiger partial charge in [0.1, 0.15) is 0 Å². The molecule has 0 bridgehead atoms. The average molecular weight is 216 g/mol. The van der Waals surface area contributed by atoms with Gasteiger partial charge in [-0.15, -0.1) is 0 Å². The molecule has 0 unspecified atom stereocenters. The molecule has 2 aromatic rings. The van der Waals surface area contributed by atoms with E-state index in [1.165, 1.54) is 6.92 Å². The molecule has 0 radical (unpaired) electrons. The molecule has 1 aromatic heterocycles. The van der Waals surface area contributed by atoms with E-state index < -0.39 is 0 Å². The molecule has 0 atom stereocenters. The van der Waals surface area contributed by atoms with Crippen molar-refractivity contribution in [3.63, 3.8) is 0 Å². The van der Waals surface area contributed by atoms with Gasteiger partial charge < -0.3 is 4.57 Å². The molecule has 0 aliphatic heterocycles. The minimum absolute atomic E-state index is 0.149. The van der Waals surface area contributed by atoms with Crippen LogP contribution in [-0.2, 0) is 7.05 Å². The number of aryl methyl sites for hydroxylation is 1. The van der Waals surface area contributed by atoms with Crippen molar-refractivity contribution in [2.45, 2.75) is 6.92 Å². The van der Waals surface area contributed by atoms with Gasteiger partial charge in [-0.2, -0.15) is 0 Å². The Bertz CT molecular complexity index is 582. The molecule has 4 nitrogen and oxygen atoms in total. The van der Waals surface area contributed by atoms with Crippen molar-refractivity contribution in [1.29, 1.82) is 0 Å². The molecule has 1 heterocycles. The molecular weight excluding hydrogens is 204 g/mol. The zero-order chi connectivity index (χ0) is 11.7. The van der Waals surface area contributed by atoms with Gasteiger partial charge in [-0.05, 0) is 6.07 Å². The summed E-state index contributed by atoms with van der Waals surface area (Å²) < 4.78 is 1.97. The van der Waals surface area contributed by atoms with Crippen LogP contribution in [0.5, 0.6) is 0 Å². The summed E-state index contributed by atoms with van der Waals surface area (Å²) in [5, 5.41) is 11.6. The number of allylic oxidation sites excluding steroid dienone is 1. The van der Waals surface area contributed by atoms with Gasteiger partial charge >= 0.3 is 0 Å². The molecular formula is C12H12N2O2. The molecule has 0 saturated carbocycles. The van der Waals surface area contributed by atoms with Crippen molar-refractivity contribution in [3.05, 3.63) is 51.8 Å². The highest BCUT2D eigenvalue weighted by Crippen LogP contribution is 2.22. The number of aromatic nitrogens is 1. The molecule has 0 N–H and O–H groups in total. The van der Waals surface area contributed by atoms with Crippen LogP contribution >= 0.6 is 0 Å². The zero-order valence-electron chi connectivity index (χ0n) is 9.18. The smallest absolute Gasteiger partial charge is 0.243 e. The van der Waals surface area contributed by atoms with Crippen LogP contribution in [0.2, 0.25) is 0 Å². The van der Waals surface area contributed by atoms with Gasteiger partial charge in [0, 0.05) is 42.7 Å². The van der Waals surface area contributed by atoms with Gasteiger partial charge in [0.25, 0.3) is 0 Å². The van der Waals surface area contributed by atoms with E-state index in [4.69, 9.17) is 0 Å². The van der Waals surface area contributed by atoms with Crippen LogP contribution < -0.4 is 0 Å². The maximum absolute atomic E-state index is 10.6. The third-order valence-electron chi connectivity index (χ3n) is 2.58. The maximum atomic E-state index is 10.6. The average Bonchev–Trinajstić information content (AvgIpc) is 2.57. The van der Waals surface area contributed by atoms with Crippen LogP contribution in [0.3, 0.4) is 0 Å². The summed E-state index contributed by atoms with van der Waals surface area (Å²) in [5.41, 5.74) is 2.11. The molecule has 4 heteroatoms. The summed E-state index contributed by atoms with van der Waals surface area (Å²) in [7, 11) is 1.93. The molecule has 0 saturated heterocycles. The quantitative estimate of drug-likeness (QED) is 0.572. The lowest BCUT2D eigenvalue weighted by Crippen LogP contribution is -1.92. The standard InChI is InChI=1S/C12H12N2O2/c1-9(14(15)16)7-10-8-13(2)12-6-4-3-5-11(10)12/h3-8H,1-2H3/b9-7-. The van der Waals surface area contributed by atoms with Crippen LogP contribution in [0.4, 0.5) is 0 Å². The molecule has 0 aliphatic carbocycles. The van der Waals surface area contributed by atoms with E-state index in [0.717, 1.165) is 16.5 Å². The van der Waals surface area contributed by atoms with E-state index in [-0.39, 0.29) is 10.6 Å². The van der Waals surface area contributed by atoms with Crippen molar-refractivity contribution in [2.24, 2.45) is 7.05 Å². The highest BCUT2D eigenvalue weighted by Gasteiger charge is 2.07. The Hall–Kier alpha value is -2.10. The lowest BCUT2D eigenvalue weighted by molar-refractivity contribution is -0.422. The number of hydrogen-bond acceptors (Lipinski definition) is 2. The van der Waals surface area contributed by atoms with E-state index >= 15 is 0 Å². The van der Waals surface area contributed by atoms with Crippen molar-refractivity contribution in [1.82, 2.24) is 4.57 Å². The summed E-state index contributed by atoms with van der Waals surface area (Å²) in [6.07, 6.45) is 3.50. The number of para-hydroxylation sites is 1. The van der Waals surface area contributed by atoms with Crippen LogP contribution in [0.25, 0.3) is 17.0 Å². The second kappa shape index (κ2) is 3.81. The number of fused-ring (bicyclic) bond motifs is 1. The summed E-state index contributed by atoms with van der Waals surface area (Å²) >= 11 is 0. The molecule has 2 rings (SSSR count). The number of nitrogens with zero attached hydrogens (tertiary/aromatic N) is 2. The van der Waals surface area contributed by atoms with Gasteiger partial charge in [0.15, 0.2) is 0 Å². The molecule has 82 valence electrons. The number of benzene rings is 1. The van der Waals surface area contributed by atoms with Crippen molar-refractivity contribution in [2.75, 3.05) is 0 Å². The predicted octanol–water partition coefficient (Wildman–Crippen LogP) is 2.82. The minimum Gasteiger partial charge on any atom is -0.350 e. The Morgan fingerprint density at radius 2 is 2.12 bits per heavy atom. The first kappa shape index (κ1) is 10.4. The highest BCUT2D eigenvalue weighted by molar-refractivity contribution is 5.89. The molecule has 16 heavy (non-hydrogen) atoms. The Morgan fingerprint density at radius 1 is 1.44 bits per heavy atom. The fourth-order valence-corrected chi connectivity index (χ4v) is 1.77. The minimum atomic E-state index is -0.373. The van der Waals surface area contributed by atoms with Crippen LogP contribution in [-0.4, -0.2) is 9.49 Å². The fraction of sp³-hybridized carbons (Fsp3) is 0.167. The van der Waals surface area contributed by atoms with Crippen molar-refractivity contribution < 1.29 is 4.92 Å². The summed E-state index contributed by atoms with van der Waals surface area (Å²) in [4.78, 5) is 10.2. The second-order valence-corrected chi connectivity index (χ2v) is 3.76. The van der Waals surface area contributed by atoms with E-state index in [0.29, 0.717) is 0 Å². The molecule has 0 fully saturated rings. The second-order valence-electron chi connectivity index (χ2n) is 3.76. The fourth-order valence-electron chi connectivity index (χ4n) is 1.77. The number of hydrogen-bond donors (Lipinski definition) is 0. The topological polar surface area (TPSA) is 48.1 Å². The maximum Gasteiger partial charge on any atom is 0.243 e. The summed E-state index contributed by atoms with van der Waals surface area (Å²) in [6, 6.07) is 7.85. The summed E-state index contributed by atoms with van der Waals surface area (Å²) in [5.74, 6) is 0. The first-order valence-electron chi connectivity index (χ1n) is 4.96. The van der Waals surface area contributed by atoms with Gasteiger partial charge in [-0.1, -0.05) is 18.2 Å². The SMILES string of the molecule is C/C(=C/c1cn(C)c2ccccc12)[N+](=O)[O-]. The Balaban J connectivity index is 2.62. The van der Waals surface area contributed by atoms with E-state index in [2.05, 4.69) is 0 Å². The van der Waals surface area contributed by atoms with Crippen LogP contribution in [0.15, 0.2) is 36.2 Å². The largest absolute Gasteiger partial charge is 0.350 e. The molecule has 0 amide bonds. The van der Waals surface area contributed by atoms with E-state index in [1.807, 2.05) is 42.1 Å². The Morgan fingerprint density at radius 3 is 2.81 bits per heavy atom. The van der Waals surface area contributed by atoms with Gasteiger partial charge in [-0.25, -0.2) is 0 Å². The highest BCUT2D eigenvalue weighted by atomic mass is 16.6. The third kappa shape index (κ3) is 1.69. The van der Waals surface area contributed by atoms with Gasteiger partial charge in [-0.3, -0.25) is 10.1 Å². The molecule has 0 spiro atoms. The van der Waals surface area contributed by atoms with Crippen LogP contribution in [0.1, 0.15) is 12.5 Å². The number of nitro groups is 1. The van der Waals surface area contributed by atoms with E-state index in [1.54, 1.807) is 6.08 Å². The molecule has 0 aliphatic rings. The first-order chi connectivity index (χ1) is 7.59. The first-order valence-corrected chi connectivity index (χ1v) is 4.96. The van der Waals surface area contributed by atoms with Crippen molar-refractivity contribution >= 4 is 17.0 Å².